The molecule has 2 saturated heterocycles. The molecule has 0 saturated carbocycles. The lowest BCUT2D eigenvalue weighted by Crippen LogP contribution is -2.48. The molecule has 1 aromatic heterocycles. The molecule has 1 N–H and O–H groups in total. The smallest absolute Gasteiger partial charge is 0.271 e. The summed E-state index contributed by atoms with van der Waals surface area (Å²) in [4.78, 5) is 15.0. The summed E-state index contributed by atoms with van der Waals surface area (Å²) in [5.41, 5.74) is 2.75. The molecule has 0 aliphatic carbocycles. The highest BCUT2D eigenvalue weighted by Gasteiger charge is 2.38. The maximum Gasteiger partial charge on any atom is 0.271 e. The maximum atomic E-state index is 12.6. The SMILES string of the molecule is Cc1ccc(OCn2ccc(C(=O)NC3C[C@@H]4CC[C@@H](C3)N4C)n2)c(C)c1. The molecule has 6 heteroatoms. The van der Waals surface area contributed by atoms with Crippen LogP contribution in [0, 0.1) is 13.8 Å². The minimum Gasteiger partial charge on any atom is -0.471 e. The van der Waals surface area contributed by atoms with Crippen LogP contribution in [0.5, 0.6) is 5.75 Å². The van der Waals surface area contributed by atoms with Crippen molar-refractivity contribution >= 4 is 5.91 Å². The first-order valence-corrected chi connectivity index (χ1v) is 9.76. The van der Waals surface area contributed by atoms with Gasteiger partial charge in [-0.3, -0.25) is 4.79 Å². The molecule has 2 aliphatic rings. The topological polar surface area (TPSA) is 59.4 Å². The number of hydrogen-bond donors (Lipinski definition) is 1. The first kappa shape index (κ1) is 18.0. The van der Waals surface area contributed by atoms with E-state index >= 15 is 0 Å². The van der Waals surface area contributed by atoms with Gasteiger partial charge in [-0.1, -0.05) is 17.7 Å². The number of aromatic nitrogens is 2. The highest BCUT2D eigenvalue weighted by atomic mass is 16.5. The van der Waals surface area contributed by atoms with Gasteiger partial charge in [-0.2, -0.15) is 5.10 Å². The first-order chi connectivity index (χ1) is 13.0. The van der Waals surface area contributed by atoms with Crippen molar-refractivity contribution < 1.29 is 9.53 Å². The zero-order valence-electron chi connectivity index (χ0n) is 16.3. The van der Waals surface area contributed by atoms with Gasteiger partial charge in [-0.25, -0.2) is 4.68 Å². The molecular weight excluding hydrogens is 340 g/mol. The van der Waals surface area contributed by atoms with E-state index in [4.69, 9.17) is 4.74 Å². The van der Waals surface area contributed by atoms with Crippen molar-refractivity contribution in [1.29, 1.82) is 0 Å². The summed E-state index contributed by atoms with van der Waals surface area (Å²) in [5, 5.41) is 7.55. The molecule has 1 aromatic carbocycles. The number of piperidine rings is 1. The number of amides is 1. The van der Waals surface area contributed by atoms with Crippen molar-refractivity contribution in [2.24, 2.45) is 0 Å². The minimum absolute atomic E-state index is 0.0887. The lowest BCUT2D eigenvalue weighted by molar-refractivity contribution is 0.0875. The first-order valence-electron chi connectivity index (χ1n) is 9.76. The molecule has 3 heterocycles. The molecule has 27 heavy (non-hydrogen) atoms. The average molecular weight is 368 g/mol. The van der Waals surface area contributed by atoms with E-state index in [1.165, 1.54) is 18.4 Å². The Hall–Kier alpha value is -2.34. The fourth-order valence-corrected chi connectivity index (χ4v) is 4.44. The quantitative estimate of drug-likeness (QED) is 0.882. The Morgan fingerprint density at radius 3 is 2.67 bits per heavy atom. The highest BCUT2D eigenvalue weighted by molar-refractivity contribution is 5.92. The molecule has 2 fully saturated rings. The van der Waals surface area contributed by atoms with E-state index < -0.39 is 0 Å². The Kier molecular flexibility index (Phi) is 4.91. The van der Waals surface area contributed by atoms with Crippen LogP contribution in [0.4, 0.5) is 0 Å². The monoisotopic (exact) mass is 368 g/mol. The fourth-order valence-electron chi connectivity index (χ4n) is 4.44. The van der Waals surface area contributed by atoms with E-state index in [1.807, 2.05) is 19.1 Å². The zero-order chi connectivity index (χ0) is 19.0. The number of nitrogens with zero attached hydrogens (tertiary/aromatic N) is 3. The molecule has 144 valence electrons. The molecule has 0 radical (unpaired) electrons. The molecular formula is C21H28N4O2. The Morgan fingerprint density at radius 1 is 1.22 bits per heavy atom. The third kappa shape index (κ3) is 3.86. The molecule has 0 unspecified atom stereocenters. The Morgan fingerprint density at radius 2 is 1.96 bits per heavy atom. The van der Waals surface area contributed by atoms with Gasteiger partial charge in [0, 0.05) is 24.3 Å². The number of hydrogen-bond acceptors (Lipinski definition) is 4. The Bertz CT molecular complexity index is 817. The molecule has 1 amide bonds. The summed E-state index contributed by atoms with van der Waals surface area (Å²) >= 11 is 0. The van der Waals surface area contributed by atoms with Crippen LogP contribution < -0.4 is 10.1 Å². The predicted octanol–water partition coefficient (Wildman–Crippen LogP) is 2.89. The van der Waals surface area contributed by atoms with Gasteiger partial charge in [0.25, 0.3) is 5.91 Å². The highest BCUT2D eigenvalue weighted by Crippen LogP contribution is 2.34. The number of ether oxygens (including phenoxy) is 1. The van der Waals surface area contributed by atoms with Gasteiger partial charge in [-0.15, -0.1) is 0 Å². The van der Waals surface area contributed by atoms with E-state index in [0.717, 1.165) is 24.2 Å². The van der Waals surface area contributed by atoms with Crippen molar-refractivity contribution in [1.82, 2.24) is 20.0 Å². The molecule has 2 aliphatic heterocycles. The molecule has 2 bridgehead atoms. The summed E-state index contributed by atoms with van der Waals surface area (Å²) in [6.45, 7) is 4.37. The van der Waals surface area contributed by atoms with E-state index in [1.54, 1.807) is 16.9 Å². The van der Waals surface area contributed by atoms with Gasteiger partial charge in [0.2, 0.25) is 0 Å². The number of benzene rings is 1. The second kappa shape index (κ2) is 7.35. The number of rotatable bonds is 5. The third-order valence-electron chi connectivity index (χ3n) is 5.99. The van der Waals surface area contributed by atoms with E-state index in [-0.39, 0.29) is 18.7 Å². The Labute approximate surface area is 160 Å². The molecule has 0 spiro atoms. The second-order valence-corrected chi connectivity index (χ2v) is 7.98. The molecule has 4 rings (SSSR count). The van der Waals surface area contributed by atoms with Gasteiger partial charge in [-0.05, 0) is 64.3 Å². The van der Waals surface area contributed by atoms with E-state index in [2.05, 4.69) is 35.4 Å². The van der Waals surface area contributed by atoms with Crippen LogP contribution in [0.1, 0.15) is 47.3 Å². The van der Waals surface area contributed by atoms with Gasteiger partial charge < -0.3 is 15.0 Å². The lowest BCUT2D eigenvalue weighted by atomic mass is 9.98. The van der Waals surface area contributed by atoms with Crippen LogP contribution in [0.15, 0.2) is 30.5 Å². The number of fused-ring (bicyclic) bond motifs is 2. The van der Waals surface area contributed by atoms with Gasteiger partial charge in [0.15, 0.2) is 6.73 Å². The average Bonchev–Trinajstić information content (AvgIpc) is 3.16. The number of nitrogens with one attached hydrogen (secondary N) is 1. The van der Waals surface area contributed by atoms with Crippen LogP contribution in [0.25, 0.3) is 0 Å². The normalized spacial score (nSPS) is 24.8. The van der Waals surface area contributed by atoms with Gasteiger partial charge >= 0.3 is 0 Å². The van der Waals surface area contributed by atoms with Crippen molar-refractivity contribution in [3.8, 4) is 5.75 Å². The van der Waals surface area contributed by atoms with Crippen LogP contribution in [-0.4, -0.2) is 45.8 Å². The lowest BCUT2D eigenvalue weighted by Gasteiger charge is -2.36. The van der Waals surface area contributed by atoms with Gasteiger partial charge in [0.1, 0.15) is 11.4 Å². The summed E-state index contributed by atoms with van der Waals surface area (Å²) in [6.07, 6.45) is 6.36. The van der Waals surface area contributed by atoms with E-state index in [0.29, 0.717) is 17.8 Å². The van der Waals surface area contributed by atoms with Crippen LogP contribution in [0.3, 0.4) is 0 Å². The van der Waals surface area contributed by atoms with E-state index in [9.17, 15) is 4.79 Å². The second-order valence-electron chi connectivity index (χ2n) is 7.98. The number of carbonyl (C=O) groups is 1. The maximum absolute atomic E-state index is 12.6. The van der Waals surface area contributed by atoms with Crippen LogP contribution in [0.2, 0.25) is 0 Å². The largest absolute Gasteiger partial charge is 0.471 e. The van der Waals surface area contributed by atoms with Crippen molar-refractivity contribution in [2.75, 3.05) is 7.05 Å². The van der Waals surface area contributed by atoms with Crippen molar-refractivity contribution in [3.05, 3.63) is 47.3 Å². The number of carbonyl (C=O) groups excluding carboxylic acids is 1. The third-order valence-corrected chi connectivity index (χ3v) is 5.99. The van der Waals surface area contributed by atoms with Crippen LogP contribution >= 0.6 is 0 Å². The Balaban J connectivity index is 1.33. The summed E-state index contributed by atoms with van der Waals surface area (Å²) in [7, 11) is 2.21. The zero-order valence-corrected chi connectivity index (χ0v) is 16.3. The van der Waals surface area contributed by atoms with Crippen molar-refractivity contribution in [2.45, 2.75) is 64.4 Å². The standard InChI is InChI=1S/C21H28N4O2/c1-14-4-7-20(15(2)10-14)27-13-25-9-8-19(23-25)21(26)22-16-11-17-5-6-18(12-16)24(17)3/h4,7-10,16-18H,5-6,11-13H2,1-3H3,(H,22,26)/t17-,18-/m0/s1. The van der Waals surface area contributed by atoms with Crippen molar-refractivity contribution in [3.63, 3.8) is 0 Å². The predicted molar refractivity (Wildman–Crippen MR) is 104 cm³/mol. The molecule has 6 nitrogen and oxygen atoms in total. The minimum atomic E-state index is -0.0887. The summed E-state index contributed by atoms with van der Waals surface area (Å²) < 4.78 is 7.49. The molecule has 2 aromatic rings. The fraction of sp³-hybridized carbons (Fsp3) is 0.524. The van der Waals surface area contributed by atoms with Crippen LogP contribution in [-0.2, 0) is 6.73 Å². The summed E-state index contributed by atoms with van der Waals surface area (Å²) in [6, 6.07) is 9.31. The number of aryl methyl sites for hydroxylation is 2. The molecule has 2 atom stereocenters. The summed E-state index contributed by atoms with van der Waals surface area (Å²) in [5.74, 6) is 0.748. The van der Waals surface area contributed by atoms with Gasteiger partial charge in [0.05, 0.1) is 0 Å².